The van der Waals surface area contributed by atoms with Crippen molar-refractivity contribution in [3.63, 3.8) is 0 Å². The van der Waals surface area contributed by atoms with Crippen molar-refractivity contribution < 1.29 is 28.3 Å². The number of likely N-dealkylation sites (N-methyl/N-ethyl adjacent to an activating group) is 1. The summed E-state index contributed by atoms with van der Waals surface area (Å²) in [6, 6.07) is 5.01. The molecule has 1 aromatic rings. The van der Waals surface area contributed by atoms with Crippen molar-refractivity contribution in [2.24, 2.45) is 11.8 Å². The Morgan fingerprint density at radius 3 is 2.44 bits per heavy atom. The Labute approximate surface area is 266 Å². The van der Waals surface area contributed by atoms with E-state index in [2.05, 4.69) is 22.6 Å². The molecule has 2 heterocycles. The van der Waals surface area contributed by atoms with Crippen LogP contribution in [-0.4, -0.2) is 102 Å². The van der Waals surface area contributed by atoms with Gasteiger partial charge < -0.3 is 25.2 Å². The summed E-state index contributed by atoms with van der Waals surface area (Å²) < 4.78 is 20.1. The fraction of sp³-hybridized carbons (Fsp3) is 0.706. The molecule has 2 aliphatic carbocycles. The quantitative estimate of drug-likeness (QED) is 0.367. The van der Waals surface area contributed by atoms with Gasteiger partial charge in [0.2, 0.25) is 11.8 Å². The molecule has 0 unspecified atom stereocenters. The number of hydrogen-bond donors (Lipinski definition) is 2. The minimum absolute atomic E-state index is 0.00625. The highest BCUT2D eigenvalue weighted by atomic mass is 19.1. The second kappa shape index (κ2) is 14.1. The molecule has 4 aliphatic rings. The van der Waals surface area contributed by atoms with Gasteiger partial charge in [-0.05, 0) is 76.5 Å². The Bertz CT molecular complexity index is 1250. The number of hydrogen-bond acceptors (Lipinski definition) is 6. The molecular formula is C34H50FN5O5. The number of ether oxygens (including phenoxy) is 1. The molecular weight excluding hydrogens is 577 g/mol. The maximum absolute atomic E-state index is 14.8. The predicted octanol–water partition coefficient (Wildman–Crippen LogP) is 3.50. The Kier molecular flexibility index (Phi) is 10.4. The van der Waals surface area contributed by atoms with Crippen molar-refractivity contribution in [2.45, 2.75) is 109 Å². The number of carbonyl (C=O) groups excluding carboxylic acids is 4. The number of amides is 4. The molecule has 0 spiro atoms. The fourth-order valence-corrected chi connectivity index (χ4v) is 6.73. The highest BCUT2D eigenvalue weighted by Gasteiger charge is 2.42. The van der Waals surface area contributed by atoms with Crippen LogP contribution < -0.4 is 15.4 Å². The van der Waals surface area contributed by atoms with Gasteiger partial charge >= 0.3 is 6.36 Å². The Morgan fingerprint density at radius 1 is 1.04 bits per heavy atom. The number of carbonyl (C=O) groups is 4. The third kappa shape index (κ3) is 8.15. The SMILES string of the molecule is CC(C)C[C@@H](NC(=O)c1ccccc1O[C@H](F)C(=O)NC1(C)CC1)C(=O)N1CCC[C@@H]1C(=O)N1CCN(C)[C@@H](CC2CCC2)C1. The minimum Gasteiger partial charge on any atom is -0.451 e. The fourth-order valence-electron chi connectivity index (χ4n) is 6.73. The number of rotatable bonds is 12. The summed E-state index contributed by atoms with van der Waals surface area (Å²) in [6.07, 6.45) is 5.89. The van der Waals surface area contributed by atoms with E-state index in [1.807, 2.05) is 25.7 Å². The number of benzene rings is 1. The lowest BCUT2D eigenvalue weighted by molar-refractivity contribution is -0.146. The van der Waals surface area contributed by atoms with Crippen LogP contribution in [-0.2, 0) is 14.4 Å². The highest BCUT2D eigenvalue weighted by molar-refractivity contribution is 6.00. The van der Waals surface area contributed by atoms with E-state index in [-0.39, 0.29) is 29.0 Å². The van der Waals surface area contributed by atoms with E-state index < -0.39 is 35.8 Å². The summed E-state index contributed by atoms with van der Waals surface area (Å²) in [5.74, 6) is -1.05. The van der Waals surface area contributed by atoms with Gasteiger partial charge in [0.05, 0.1) is 5.56 Å². The van der Waals surface area contributed by atoms with Crippen molar-refractivity contribution in [2.75, 3.05) is 33.2 Å². The van der Waals surface area contributed by atoms with Gasteiger partial charge in [-0.15, -0.1) is 0 Å². The van der Waals surface area contributed by atoms with Crippen LogP contribution in [0.2, 0.25) is 0 Å². The molecule has 2 saturated carbocycles. The number of likely N-dealkylation sites (tertiary alicyclic amines) is 1. The van der Waals surface area contributed by atoms with Crippen LogP contribution in [0.5, 0.6) is 5.75 Å². The lowest BCUT2D eigenvalue weighted by Crippen LogP contribution is -2.59. The molecule has 4 amide bonds. The second-order valence-electron chi connectivity index (χ2n) is 14.3. The van der Waals surface area contributed by atoms with Crippen molar-refractivity contribution in [1.82, 2.24) is 25.3 Å². The zero-order valence-corrected chi connectivity index (χ0v) is 27.2. The van der Waals surface area contributed by atoms with E-state index >= 15 is 0 Å². The van der Waals surface area contributed by atoms with Crippen LogP contribution in [0.4, 0.5) is 4.39 Å². The number of alkyl halides is 1. The second-order valence-corrected chi connectivity index (χ2v) is 14.3. The molecule has 4 fully saturated rings. The van der Waals surface area contributed by atoms with Gasteiger partial charge in [-0.1, -0.05) is 45.2 Å². The lowest BCUT2D eigenvalue weighted by Gasteiger charge is -2.43. The number of nitrogens with one attached hydrogen (secondary N) is 2. The molecule has 248 valence electrons. The zero-order chi connectivity index (χ0) is 32.3. The van der Waals surface area contributed by atoms with Crippen LogP contribution in [0, 0.1) is 11.8 Å². The third-order valence-corrected chi connectivity index (χ3v) is 10.0. The zero-order valence-electron chi connectivity index (χ0n) is 27.2. The monoisotopic (exact) mass is 627 g/mol. The molecule has 10 nitrogen and oxygen atoms in total. The van der Waals surface area contributed by atoms with E-state index in [4.69, 9.17) is 4.74 Å². The molecule has 0 radical (unpaired) electrons. The van der Waals surface area contributed by atoms with Crippen LogP contribution >= 0.6 is 0 Å². The molecule has 11 heteroatoms. The summed E-state index contributed by atoms with van der Waals surface area (Å²) in [5.41, 5.74) is -0.389. The van der Waals surface area contributed by atoms with E-state index in [0.29, 0.717) is 38.5 Å². The molecule has 45 heavy (non-hydrogen) atoms. The molecule has 4 atom stereocenters. The minimum atomic E-state index is -2.29. The molecule has 2 saturated heterocycles. The largest absolute Gasteiger partial charge is 0.451 e. The predicted molar refractivity (Wildman–Crippen MR) is 168 cm³/mol. The summed E-state index contributed by atoms with van der Waals surface area (Å²) >= 11 is 0. The Balaban J connectivity index is 1.25. The van der Waals surface area contributed by atoms with E-state index in [0.717, 1.165) is 38.1 Å². The van der Waals surface area contributed by atoms with Gasteiger partial charge in [0.25, 0.3) is 11.8 Å². The summed E-state index contributed by atoms with van der Waals surface area (Å²) in [6.45, 7) is 8.37. The number of piperazine rings is 1. The first-order valence-electron chi connectivity index (χ1n) is 16.8. The first kappa shape index (κ1) is 33.2. The van der Waals surface area contributed by atoms with E-state index in [1.54, 1.807) is 17.0 Å². The van der Waals surface area contributed by atoms with Gasteiger partial charge in [0.15, 0.2) is 0 Å². The van der Waals surface area contributed by atoms with Crippen molar-refractivity contribution in [3.05, 3.63) is 29.8 Å². The van der Waals surface area contributed by atoms with Crippen LogP contribution in [0.3, 0.4) is 0 Å². The maximum atomic E-state index is 14.8. The topological polar surface area (TPSA) is 111 Å². The van der Waals surface area contributed by atoms with Gasteiger partial charge in [-0.2, -0.15) is 4.39 Å². The molecule has 1 aromatic carbocycles. The highest BCUT2D eigenvalue weighted by Crippen LogP contribution is 2.35. The Hall–Kier alpha value is -3.21. The van der Waals surface area contributed by atoms with Crippen LogP contribution in [0.25, 0.3) is 0 Å². The number of nitrogens with zero attached hydrogens (tertiary/aromatic N) is 3. The van der Waals surface area contributed by atoms with Gasteiger partial charge in [0, 0.05) is 37.8 Å². The standard InChI is InChI=1S/C34H50FN5O5/c1-22(2)19-26(36-30(41)25-11-5-6-13-28(25)45-29(35)31(42)37-34(3)14-15-34)32(43)40-16-8-12-27(40)33(44)39-18-17-38(4)24(21-39)20-23-9-7-10-23/h5-6,11,13,22-24,26-27,29H,7-10,12,14-21H2,1-4H3,(H,36,41)(H,37,42)/t24-,26+,27+,29-/m0/s1. The van der Waals surface area contributed by atoms with Gasteiger partial charge in [0.1, 0.15) is 17.8 Å². The van der Waals surface area contributed by atoms with Crippen LogP contribution in [0.1, 0.15) is 88.9 Å². The average Bonchev–Trinajstić information content (AvgIpc) is 3.50. The van der Waals surface area contributed by atoms with Crippen molar-refractivity contribution in [3.8, 4) is 5.75 Å². The summed E-state index contributed by atoms with van der Waals surface area (Å²) in [4.78, 5) is 59.7. The molecule has 0 bridgehead atoms. The van der Waals surface area contributed by atoms with Gasteiger partial charge in [-0.25, -0.2) is 0 Å². The molecule has 0 aromatic heterocycles. The first-order chi connectivity index (χ1) is 21.4. The van der Waals surface area contributed by atoms with Crippen molar-refractivity contribution >= 4 is 23.6 Å². The van der Waals surface area contributed by atoms with E-state index in [1.165, 1.54) is 31.4 Å². The molecule has 2 N–H and O–H groups in total. The van der Waals surface area contributed by atoms with Gasteiger partial charge in [-0.3, -0.25) is 24.1 Å². The smallest absolute Gasteiger partial charge is 0.316 e. The summed E-state index contributed by atoms with van der Waals surface area (Å²) in [7, 11) is 2.13. The normalized spacial score (nSPS) is 24.5. The summed E-state index contributed by atoms with van der Waals surface area (Å²) in [5, 5.41) is 5.48. The maximum Gasteiger partial charge on any atom is 0.316 e. The number of halogens is 1. The third-order valence-electron chi connectivity index (χ3n) is 10.0. The Morgan fingerprint density at radius 2 is 1.78 bits per heavy atom. The van der Waals surface area contributed by atoms with Crippen molar-refractivity contribution in [1.29, 1.82) is 0 Å². The van der Waals surface area contributed by atoms with E-state index in [9.17, 15) is 23.6 Å². The molecule has 2 aliphatic heterocycles. The number of para-hydroxylation sites is 1. The first-order valence-corrected chi connectivity index (χ1v) is 16.8. The van der Waals surface area contributed by atoms with Crippen LogP contribution in [0.15, 0.2) is 24.3 Å². The molecule has 5 rings (SSSR count). The average molecular weight is 628 g/mol. The lowest BCUT2D eigenvalue weighted by atomic mass is 9.80.